The molecule has 0 spiro atoms. The maximum Gasteiger partial charge on any atom is 0.239 e. The Morgan fingerprint density at radius 2 is 2.08 bits per heavy atom. The second-order valence-corrected chi connectivity index (χ2v) is 5.29. The first-order valence-electron chi connectivity index (χ1n) is 7.70. The van der Waals surface area contributed by atoms with Gasteiger partial charge >= 0.3 is 0 Å². The molecule has 0 saturated carbocycles. The zero-order chi connectivity index (χ0) is 17.4. The molecule has 1 aromatic carbocycles. The molecule has 0 aliphatic carbocycles. The standard InChI is InChI=1S/C16H24N4O4.HI/c1-17-16(19-9-15(21)18-6-7-22-3)20(2)10-12-4-5-13-14(8-12)24-11-23-13;/h4-5,8H,6-7,9-11H2,1-3H3,(H,17,19)(H,18,21);1H. The molecule has 0 radical (unpaired) electrons. The van der Waals surface area contributed by atoms with Crippen LogP contribution < -0.4 is 20.1 Å². The van der Waals surface area contributed by atoms with Gasteiger partial charge in [-0.05, 0) is 17.7 Å². The SMILES string of the molecule is CN=C(NCC(=O)NCCOC)N(C)Cc1ccc2c(c1)OCO2.I. The quantitative estimate of drug-likeness (QED) is 0.269. The third-order valence-electron chi connectivity index (χ3n) is 3.47. The van der Waals surface area contributed by atoms with E-state index in [0.29, 0.717) is 25.7 Å². The number of rotatable bonds is 7. The van der Waals surface area contributed by atoms with Crippen molar-refractivity contribution in [3.63, 3.8) is 0 Å². The summed E-state index contributed by atoms with van der Waals surface area (Å²) in [5.41, 5.74) is 1.06. The highest BCUT2D eigenvalue weighted by molar-refractivity contribution is 14.0. The number of methoxy groups -OCH3 is 1. The lowest BCUT2D eigenvalue weighted by Crippen LogP contribution is -2.44. The smallest absolute Gasteiger partial charge is 0.239 e. The zero-order valence-electron chi connectivity index (χ0n) is 14.7. The second-order valence-electron chi connectivity index (χ2n) is 5.29. The molecule has 0 aromatic heterocycles. The van der Waals surface area contributed by atoms with Crippen LogP contribution in [-0.2, 0) is 16.1 Å². The largest absolute Gasteiger partial charge is 0.454 e. The van der Waals surface area contributed by atoms with Gasteiger partial charge in [-0.3, -0.25) is 9.79 Å². The molecule has 0 saturated heterocycles. The summed E-state index contributed by atoms with van der Waals surface area (Å²) in [5.74, 6) is 2.04. The first-order valence-corrected chi connectivity index (χ1v) is 7.70. The Hall–Kier alpha value is -1.75. The Kier molecular flexibility index (Phi) is 9.35. The van der Waals surface area contributed by atoms with Crippen molar-refractivity contribution < 1.29 is 19.0 Å². The predicted molar refractivity (Wildman–Crippen MR) is 106 cm³/mol. The van der Waals surface area contributed by atoms with Crippen LogP contribution in [0.4, 0.5) is 0 Å². The Balaban J connectivity index is 0.00000312. The molecule has 1 amide bonds. The van der Waals surface area contributed by atoms with Gasteiger partial charge in [0, 0.05) is 34.3 Å². The van der Waals surface area contributed by atoms with E-state index in [-0.39, 0.29) is 43.2 Å². The molecule has 0 fully saturated rings. The number of aliphatic imine (C=N–C) groups is 1. The number of carbonyl (C=O) groups excluding carboxylic acids is 1. The van der Waals surface area contributed by atoms with Gasteiger partial charge in [-0.25, -0.2) is 0 Å². The molecule has 8 nitrogen and oxygen atoms in total. The molecular formula is C16H25IN4O4. The van der Waals surface area contributed by atoms with E-state index in [9.17, 15) is 4.79 Å². The highest BCUT2D eigenvalue weighted by atomic mass is 127. The molecule has 1 heterocycles. The van der Waals surface area contributed by atoms with Crippen LogP contribution in [0.2, 0.25) is 0 Å². The van der Waals surface area contributed by atoms with Crippen LogP contribution in [0.5, 0.6) is 11.5 Å². The van der Waals surface area contributed by atoms with E-state index in [1.807, 2.05) is 30.1 Å². The molecule has 2 rings (SSSR count). The fourth-order valence-corrected chi connectivity index (χ4v) is 2.29. The van der Waals surface area contributed by atoms with E-state index >= 15 is 0 Å². The summed E-state index contributed by atoms with van der Waals surface area (Å²) in [6, 6.07) is 5.82. The lowest BCUT2D eigenvalue weighted by atomic mass is 10.2. The fourth-order valence-electron chi connectivity index (χ4n) is 2.29. The number of halogens is 1. The lowest BCUT2D eigenvalue weighted by Gasteiger charge is -2.22. The van der Waals surface area contributed by atoms with Crippen LogP contribution in [0.15, 0.2) is 23.2 Å². The average molecular weight is 464 g/mol. The Labute approximate surface area is 164 Å². The van der Waals surface area contributed by atoms with Crippen LogP contribution in [0.25, 0.3) is 0 Å². The summed E-state index contributed by atoms with van der Waals surface area (Å²) >= 11 is 0. The number of amides is 1. The summed E-state index contributed by atoms with van der Waals surface area (Å²) < 4.78 is 15.6. The Morgan fingerprint density at radius 3 is 2.80 bits per heavy atom. The van der Waals surface area contributed by atoms with Crippen molar-refractivity contribution in [2.45, 2.75) is 6.54 Å². The first-order chi connectivity index (χ1) is 11.6. The van der Waals surface area contributed by atoms with E-state index in [4.69, 9.17) is 14.2 Å². The summed E-state index contributed by atoms with van der Waals surface area (Å²) in [7, 11) is 5.18. The van der Waals surface area contributed by atoms with Crippen molar-refractivity contribution >= 4 is 35.8 Å². The van der Waals surface area contributed by atoms with Crippen LogP contribution in [0.3, 0.4) is 0 Å². The van der Waals surface area contributed by atoms with Crippen molar-refractivity contribution in [1.82, 2.24) is 15.5 Å². The molecular weight excluding hydrogens is 439 g/mol. The number of carbonyl (C=O) groups is 1. The third-order valence-corrected chi connectivity index (χ3v) is 3.47. The van der Waals surface area contributed by atoms with E-state index < -0.39 is 0 Å². The van der Waals surface area contributed by atoms with E-state index in [1.165, 1.54) is 0 Å². The minimum Gasteiger partial charge on any atom is -0.454 e. The number of benzene rings is 1. The third kappa shape index (κ3) is 6.58. The molecule has 0 atom stereocenters. The van der Waals surface area contributed by atoms with E-state index in [2.05, 4.69) is 15.6 Å². The minimum absolute atomic E-state index is 0. The number of nitrogens with zero attached hydrogens (tertiary/aromatic N) is 2. The number of guanidine groups is 1. The van der Waals surface area contributed by atoms with Crippen LogP contribution in [-0.4, -0.2) is 64.5 Å². The molecule has 1 aliphatic heterocycles. The molecule has 2 N–H and O–H groups in total. The van der Waals surface area contributed by atoms with Crippen LogP contribution >= 0.6 is 24.0 Å². The number of ether oxygens (including phenoxy) is 3. The van der Waals surface area contributed by atoms with Gasteiger partial charge in [-0.2, -0.15) is 0 Å². The summed E-state index contributed by atoms with van der Waals surface area (Å²) in [5, 5.41) is 5.79. The monoisotopic (exact) mass is 464 g/mol. The lowest BCUT2D eigenvalue weighted by molar-refractivity contribution is -0.120. The topological polar surface area (TPSA) is 84.4 Å². The maximum atomic E-state index is 11.7. The highest BCUT2D eigenvalue weighted by Gasteiger charge is 2.15. The van der Waals surface area contributed by atoms with Crippen molar-refractivity contribution in [3.05, 3.63) is 23.8 Å². The maximum absolute atomic E-state index is 11.7. The van der Waals surface area contributed by atoms with Crippen molar-refractivity contribution in [1.29, 1.82) is 0 Å². The van der Waals surface area contributed by atoms with Gasteiger partial charge in [0.25, 0.3) is 0 Å². The zero-order valence-corrected chi connectivity index (χ0v) is 17.0. The van der Waals surface area contributed by atoms with Crippen LogP contribution in [0.1, 0.15) is 5.56 Å². The fraction of sp³-hybridized carbons (Fsp3) is 0.500. The molecule has 1 aliphatic rings. The Bertz CT molecular complexity index is 597. The molecule has 140 valence electrons. The molecule has 1 aromatic rings. The molecule has 0 unspecified atom stereocenters. The van der Waals surface area contributed by atoms with Gasteiger partial charge in [0.15, 0.2) is 17.5 Å². The summed E-state index contributed by atoms with van der Waals surface area (Å²) in [6.45, 7) is 2.02. The Morgan fingerprint density at radius 1 is 1.32 bits per heavy atom. The second kappa shape index (κ2) is 11.0. The van der Waals surface area contributed by atoms with Gasteiger partial charge in [-0.1, -0.05) is 6.07 Å². The molecule has 0 bridgehead atoms. The number of hydrogen-bond donors (Lipinski definition) is 2. The van der Waals surface area contributed by atoms with Crippen molar-refractivity contribution in [3.8, 4) is 11.5 Å². The number of hydrogen-bond acceptors (Lipinski definition) is 5. The van der Waals surface area contributed by atoms with E-state index in [1.54, 1.807) is 14.2 Å². The van der Waals surface area contributed by atoms with Gasteiger partial charge < -0.3 is 29.7 Å². The summed E-state index contributed by atoms with van der Waals surface area (Å²) in [6.07, 6.45) is 0. The van der Waals surface area contributed by atoms with Crippen LogP contribution in [0, 0.1) is 0 Å². The first kappa shape index (κ1) is 21.3. The molecule has 9 heteroatoms. The summed E-state index contributed by atoms with van der Waals surface area (Å²) in [4.78, 5) is 17.8. The van der Waals surface area contributed by atoms with Gasteiger partial charge in [-0.15, -0.1) is 24.0 Å². The van der Waals surface area contributed by atoms with Crippen molar-refractivity contribution in [2.24, 2.45) is 4.99 Å². The minimum atomic E-state index is -0.107. The predicted octanol–water partition coefficient (Wildman–Crippen LogP) is 0.803. The van der Waals surface area contributed by atoms with Gasteiger partial charge in [0.05, 0.1) is 13.2 Å². The number of nitrogens with one attached hydrogen (secondary N) is 2. The normalized spacial score (nSPS) is 12.4. The van der Waals surface area contributed by atoms with Crippen molar-refractivity contribution in [2.75, 3.05) is 47.7 Å². The van der Waals surface area contributed by atoms with E-state index in [0.717, 1.165) is 17.1 Å². The highest BCUT2D eigenvalue weighted by Crippen LogP contribution is 2.32. The van der Waals surface area contributed by atoms with Gasteiger partial charge in [0.1, 0.15) is 0 Å². The average Bonchev–Trinajstić information content (AvgIpc) is 3.03. The number of fused-ring (bicyclic) bond motifs is 1. The van der Waals surface area contributed by atoms with Gasteiger partial charge in [0.2, 0.25) is 12.7 Å². The molecule has 25 heavy (non-hydrogen) atoms.